The van der Waals surface area contributed by atoms with Crippen LogP contribution in [0.15, 0.2) is 72.8 Å². The van der Waals surface area contributed by atoms with Crippen molar-refractivity contribution in [3.8, 4) is 0 Å². The maximum atomic E-state index is 14.0. The third-order valence-electron chi connectivity index (χ3n) is 5.86. The summed E-state index contributed by atoms with van der Waals surface area (Å²) >= 11 is 7.49. The molecule has 5 rings (SSSR count). The number of thioether (sulfide) groups is 1. The molecule has 2 aliphatic heterocycles. The highest BCUT2D eigenvalue weighted by molar-refractivity contribution is 8.01. The molecule has 1 N–H and O–H groups in total. The van der Waals surface area contributed by atoms with E-state index in [1.54, 1.807) is 29.2 Å². The van der Waals surface area contributed by atoms with E-state index in [1.165, 1.54) is 11.8 Å². The Bertz CT molecular complexity index is 1200. The Labute approximate surface area is 196 Å². The first-order valence-electron chi connectivity index (χ1n) is 10.4. The molecular formula is C25H22ClN3O2S. The van der Waals surface area contributed by atoms with E-state index in [0.29, 0.717) is 29.6 Å². The van der Waals surface area contributed by atoms with Gasteiger partial charge in [0.05, 0.1) is 12.2 Å². The summed E-state index contributed by atoms with van der Waals surface area (Å²) in [5.41, 5.74) is 4.58. The molecule has 2 aliphatic rings. The van der Waals surface area contributed by atoms with Crippen molar-refractivity contribution >= 4 is 46.7 Å². The molecule has 0 bridgehead atoms. The zero-order valence-electron chi connectivity index (χ0n) is 17.5. The number of nitrogens with one attached hydrogen (secondary N) is 1. The van der Waals surface area contributed by atoms with E-state index in [9.17, 15) is 9.59 Å². The molecule has 1 unspecified atom stereocenters. The van der Waals surface area contributed by atoms with Crippen LogP contribution in [0.1, 0.15) is 16.7 Å². The molecule has 3 aromatic rings. The minimum Gasteiger partial charge on any atom is -0.308 e. The van der Waals surface area contributed by atoms with Crippen molar-refractivity contribution in [1.29, 1.82) is 0 Å². The van der Waals surface area contributed by atoms with E-state index in [2.05, 4.69) is 11.4 Å². The lowest BCUT2D eigenvalue weighted by Gasteiger charge is -2.33. The second-order valence-corrected chi connectivity index (χ2v) is 9.70. The Morgan fingerprint density at radius 3 is 2.66 bits per heavy atom. The fraction of sp³-hybridized carbons (Fsp3) is 0.200. The normalized spacial score (nSPS) is 19.5. The molecule has 1 spiro atoms. The van der Waals surface area contributed by atoms with E-state index in [-0.39, 0.29) is 11.9 Å². The minimum absolute atomic E-state index is 0.0750. The number of hydrogen-bond acceptors (Lipinski definition) is 3. The molecule has 7 heteroatoms. The van der Waals surface area contributed by atoms with Crippen molar-refractivity contribution in [2.24, 2.45) is 0 Å². The van der Waals surface area contributed by atoms with Gasteiger partial charge < -0.3 is 10.2 Å². The SMILES string of the molecule is Cc1cccc(CN2C(=O)C3(SCCN3C(=O)Nc3ccc(Cl)cc3)c3ccccc32)c1. The summed E-state index contributed by atoms with van der Waals surface area (Å²) < 4.78 is 0. The zero-order valence-corrected chi connectivity index (χ0v) is 19.1. The molecule has 0 aliphatic carbocycles. The van der Waals surface area contributed by atoms with Gasteiger partial charge in [0.15, 0.2) is 4.87 Å². The van der Waals surface area contributed by atoms with Crippen LogP contribution in [0.2, 0.25) is 5.02 Å². The van der Waals surface area contributed by atoms with Gasteiger partial charge in [0.1, 0.15) is 0 Å². The van der Waals surface area contributed by atoms with Crippen molar-refractivity contribution in [2.75, 3.05) is 22.5 Å². The van der Waals surface area contributed by atoms with Crippen LogP contribution in [-0.2, 0) is 16.2 Å². The van der Waals surface area contributed by atoms with Crippen LogP contribution in [0.3, 0.4) is 0 Å². The molecule has 5 nitrogen and oxygen atoms in total. The van der Waals surface area contributed by atoms with Crippen molar-refractivity contribution in [2.45, 2.75) is 18.3 Å². The number of anilines is 2. The Kier molecular flexibility index (Phi) is 5.35. The highest BCUT2D eigenvalue weighted by Gasteiger charge is 2.59. The van der Waals surface area contributed by atoms with Crippen LogP contribution in [0.25, 0.3) is 0 Å². The van der Waals surface area contributed by atoms with Gasteiger partial charge in [-0.2, -0.15) is 0 Å². The van der Waals surface area contributed by atoms with Crippen LogP contribution >= 0.6 is 23.4 Å². The summed E-state index contributed by atoms with van der Waals surface area (Å²) in [5, 5.41) is 3.53. The number of aryl methyl sites for hydroxylation is 1. The molecule has 1 saturated heterocycles. The molecule has 3 aromatic carbocycles. The van der Waals surface area contributed by atoms with Gasteiger partial charge in [-0.3, -0.25) is 9.69 Å². The number of hydrogen-bond donors (Lipinski definition) is 1. The second-order valence-electron chi connectivity index (χ2n) is 7.98. The molecule has 32 heavy (non-hydrogen) atoms. The van der Waals surface area contributed by atoms with Crippen molar-refractivity contribution < 1.29 is 9.59 Å². The predicted molar refractivity (Wildman–Crippen MR) is 130 cm³/mol. The molecule has 1 atom stereocenters. The highest BCUT2D eigenvalue weighted by atomic mass is 35.5. The number of benzene rings is 3. The Morgan fingerprint density at radius 2 is 1.88 bits per heavy atom. The molecule has 0 radical (unpaired) electrons. The van der Waals surface area contributed by atoms with Crippen LogP contribution in [0.5, 0.6) is 0 Å². The lowest BCUT2D eigenvalue weighted by Crippen LogP contribution is -2.51. The molecule has 3 amide bonds. The standard InChI is InChI=1S/C25H22ClN3O2S/c1-17-5-4-6-18(15-17)16-28-22-8-3-2-7-21(22)25(23(28)30)29(13-14-32-25)24(31)27-20-11-9-19(26)10-12-20/h2-12,15H,13-14,16H2,1H3,(H,27,31). The highest BCUT2D eigenvalue weighted by Crippen LogP contribution is 2.54. The number of amides is 3. The minimum atomic E-state index is -1.06. The number of rotatable bonds is 3. The van der Waals surface area contributed by atoms with Gasteiger partial charge in [-0.15, -0.1) is 11.8 Å². The van der Waals surface area contributed by atoms with E-state index in [1.807, 2.05) is 54.3 Å². The first kappa shape index (κ1) is 20.9. The van der Waals surface area contributed by atoms with E-state index >= 15 is 0 Å². The fourth-order valence-corrected chi connectivity index (χ4v) is 6.03. The van der Waals surface area contributed by atoms with Gasteiger partial charge in [0, 0.05) is 28.6 Å². The molecule has 2 heterocycles. The van der Waals surface area contributed by atoms with Crippen molar-refractivity contribution in [1.82, 2.24) is 4.90 Å². The van der Waals surface area contributed by atoms with Gasteiger partial charge in [-0.1, -0.05) is 59.6 Å². The number of carbonyl (C=O) groups excluding carboxylic acids is 2. The van der Waals surface area contributed by atoms with E-state index in [4.69, 9.17) is 11.6 Å². The monoisotopic (exact) mass is 463 g/mol. The summed E-state index contributed by atoms with van der Waals surface area (Å²) in [4.78, 5) is 29.7. The van der Waals surface area contributed by atoms with Crippen molar-refractivity contribution in [3.63, 3.8) is 0 Å². The van der Waals surface area contributed by atoms with Gasteiger partial charge >= 0.3 is 6.03 Å². The first-order chi connectivity index (χ1) is 15.5. The first-order valence-corrected chi connectivity index (χ1v) is 11.8. The maximum absolute atomic E-state index is 14.0. The summed E-state index contributed by atoms with van der Waals surface area (Å²) in [6, 6.07) is 22.6. The fourth-order valence-electron chi connectivity index (χ4n) is 4.44. The topological polar surface area (TPSA) is 52.7 Å². The molecule has 162 valence electrons. The smallest absolute Gasteiger partial charge is 0.308 e. The van der Waals surface area contributed by atoms with Gasteiger partial charge in [-0.05, 0) is 42.8 Å². The van der Waals surface area contributed by atoms with Gasteiger partial charge in [0.25, 0.3) is 5.91 Å². The van der Waals surface area contributed by atoms with Gasteiger partial charge in [0.2, 0.25) is 0 Å². The largest absolute Gasteiger partial charge is 0.323 e. The number of nitrogens with zero attached hydrogens (tertiary/aromatic N) is 2. The number of para-hydroxylation sites is 1. The van der Waals surface area contributed by atoms with Crippen LogP contribution in [0.4, 0.5) is 16.2 Å². The number of halogens is 1. The quantitative estimate of drug-likeness (QED) is 0.547. The molecule has 1 fully saturated rings. The average molecular weight is 464 g/mol. The second kappa shape index (κ2) is 8.19. The summed E-state index contributed by atoms with van der Waals surface area (Å²) in [7, 11) is 0. The predicted octanol–water partition coefficient (Wildman–Crippen LogP) is 5.63. The van der Waals surface area contributed by atoms with Crippen LogP contribution in [0, 0.1) is 6.92 Å². The van der Waals surface area contributed by atoms with E-state index < -0.39 is 4.87 Å². The molecular weight excluding hydrogens is 442 g/mol. The Morgan fingerprint density at radius 1 is 1.09 bits per heavy atom. The van der Waals surface area contributed by atoms with Crippen molar-refractivity contribution in [3.05, 3.63) is 94.5 Å². The number of fused-ring (bicyclic) bond motifs is 2. The summed E-state index contributed by atoms with van der Waals surface area (Å²) in [5.74, 6) is 0.612. The van der Waals surface area contributed by atoms with E-state index in [0.717, 1.165) is 22.4 Å². The number of carbonyl (C=O) groups is 2. The number of urea groups is 1. The average Bonchev–Trinajstić information content (AvgIpc) is 3.33. The van der Waals surface area contributed by atoms with Crippen LogP contribution in [-0.4, -0.2) is 29.1 Å². The lowest BCUT2D eigenvalue weighted by atomic mass is 10.1. The lowest BCUT2D eigenvalue weighted by molar-refractivity contribution is -0.123. The van der Waals surface area contributed by atoms with Crippen LogP contribution < -0.4 is 10.2 Å². The Balaban J connectivity index is 1.50. The zero-order chi connectivity index (χ0) is 22.3. The Hall–Kier alpha value is -2.96. The summed E-state index contributed by atoms with van der Waals surface area (Å²) in [6.45, 7) is 3.00. The maximum Gasteiger partial charge on any atom is 0.323 e. The molecule has 0 saturated carbocycles. The molecule has 0 aromatic heterocycles. The summed E-state index contributed by atoms with van der Waals surface area (Å²) in [6.07, 6.45) is 0. The third-order valence-corrected chi connectivity index (χ3v) is 7.54. The van der Waals surface area contributed by atoms with Gasteiger partial charge in [-0.25, -0.2) is 4.79 Å². The third kappa shape index (κ3) is 3.44.